The van der Waals surface area contributed by atoms with E-state index in [1.54, 1.807) is 0 Å². The third-order valence-electron chi connectivity index (χ3n) is 2.80. The second-order valence-electron chi connectivity index (χ2n) is 4.45. The lowest BCUT2D eigenvalue weighted by molar-refractivity contribution is 0.500. The largest absolute Gasteiger partial charge is 0.443 e. The Morgan fingerprint density at radius 1 is 1.28 bits per heavy atom. The molecule has 0 atom stereocenters. The number of nitrogens with two attached hydrogens (primary N) is 1. The molecule has 1 aromatic carbocycles. The fourth-order valence-corrected chi connectivity index (χ4v) is 1.95. The molecule has 0 bridgehead atoms. The van der Waals surface area contributed by atoms with Crippen LogP contribution in [0.1, 0.15) is 25.5 Å². The van der Waals surface area contributed by atoms with Crippen LogP contribution in [0.3, 0.4) is 0 Å². The molecule has 2 N–H and O–H groups in total. The second-order valence-corrected chi connectivity index (χ2v) is 4.45. The predicted octanol–water partition coefficient (Wildman–Crippen LogP) is 3.19. The van der Waals surface area contributed by atoms with Crippen molar-refractivity contribution in [2.45, 2.75) is 19.8 Å². The normalized spacial score (nSPS) is 11.5. The molecule has 2 heterocycles. The zero-order valence-corrected chi connectivity index (χ0v) is 10.2. The summed E-state index contributed by atoms with van der Waals surface area (Å²) in [6.07, 6.45) is 1.43. The smallest absolute Gasteiger partial charge is 0.292 e. The van der Waals surface area contributed by atoms with Crippen LogP contribution in [0.25, 0.3) is 22.4 Å². The molecule has 0 aliphatic carbocycles. The van der Waals surface area contributed by atoms with Crippen molar-refractivity contribution in [3.63, 3.8) is 0 Å². The monoisotopic (exact) mass is 243 g/mol. The highest BCUT2D eigenvalue weighted by atomic mass is 16.4. The van der Waals surface area contributed by atoms with Gasteiger partial charge in [-0.2, -0.15) is 4.98 Å². The van der Waals surface area contributed by atoms with Gasteiger partial charge in [-0.1, -0.05) is 19.9 Å². The first-order valence-corrected chi connectivity index (χ1v) is 5.75. The summed E-state index contributed by atoms with van der Waals surface area (Å²) in [5.41, 5.74) is 8.86. The first-order chi connectivity index (χ1) is 8.65. The molecular formula is C13H13N3O2. The number of fused-ring (bicyclic) bond motifs is 1. The van der Waals surface area contributed by atoms with Crippen LogP contribution >= 0.6 is 0 Å². The molecule has 0 spiro atoms. The SMILES string of the molecule is CC(C)c1oc(N)nc1-c1ccc2ncoc2c1. The van der Waals surface area contributed by atoms with Gasteiger partial charge in [-0.3, -0.25) is 0 Å². The van der Waals surface area contributed by atoms with E-state index in [2.05, 4.69) is 9.97 Å². The number of rotatable bonds is 2. The van der Waals surface area contributed by atoms with Gasteiger partial charge in [0.25, 0.3) is 6.01 Å². The van der Waals surface area contributed by atoms with Gasteiger partial charge >= 0.3 is 0 Å². The lowest BCUT2D eigenvalue weighted by Gasteiger charge is -2.03. The van der Waals surface area contributed by atoms with Crippen LogP contribution in [0.4, 0.5) is 6.01 Å². The summed E-state index contributed by atoms with van der Waals surface area (Å²) in [5.74, 6) is 1.00. The maximum atomic E-state index is 5.63. The molecule has 2 aromatic heterocycles. The number of nitrogen functional groups attached to an aromatic ring is 1. The molecule has 3 rings (SSSR count). The summed E-state index contributed by atoms with van der Waals surface area (Å²) in [6.45, 7) is 4.08. The minimum Gasteiger partial charge on any atom is -0.443 e. The fourth-order valence-electron chi connectivity index (χ4n) is 1.95. The topological polar surface area (TPSA) is 78.1 Å². The van der Waals surface area contributed by atoms with Crippen LogP contribution in [0.5, 0.6) is 0 Å². The molecular weight excluding hydrogens is 230 g/mol. The first-order valence-electron chi connectivity index (χ1n) is 5.75. The van der Waals surface area contributed by atoms with Crippen molar-refractivity contribution in [2.75, 3.05) is 5.73 Å². The summed E-state index contributed by atoms with van der Waals surface area (Å²) in [7, 11) is 0. The van der Waals surface area contributed by atoms with Crippen LogP contribution in [0.2, 0.25) is 0 Å². The highest BCUT2D eigenvalue weighted by Gasteiger charge is 2.17. The summed E-state index contributed by atoms with van der Waals surface area (Å²) < 4.78 is 10.7. The van der Waals surface area contributed by atoms with Gasteiger partial charge in [0.2, 0.25) is 0 Å². The number of nitrogens with zero attached hydrogens (tertiary/aromatic N) is 2. The van der Waals surface area contributed by atoms with Gasteiger partial charge in [-0.15, -0.1) is 0 Å². The minimum absolute atomic E-state index is 0.186. The highest BCUT2D eigenvalue weighted by Crippen LogP contribution is 2.31. The van der Waals surface area contributed by atoms with Crippen molar-refractivity contribution in [3.8, 4) is 11.3 Å². The van der Waals surface area contributed by atoms with Gasteiger partial charge in [0, 0.05) is 11.5 Å². The lowest BCUT2D eigenvalue weighted by atomic mass is 10.0. The average Bonchev–Trinajstić information content (AvgIpc) is 2.93. The van der Waals surface area contributed by atoms with Crippen LogP contribution in [0, 0.1) is 0 Å². The molecule has 0 saturated carbocycles. The Morgan fingerprint density at radius 2 is 2.11 bits per heavy atom. The average molecular weight is 243 g/mol. The summed E-state index contributed by atoms with van der Waals surface area (Å²) in [6, 6.07) is 5.91. The number of aromatic nitrogens is 2. The van der Waals surface area contributed by atoms with Crippen LogP contribution in [-0.4, -0.2) is 9.97 Å². The van der Waals surface area contributed by atoms with E-state index in [9.17, 15) is 0 Å². The third-order valence-corrected chi connectivity index (χ3v) is 2.80. The molecule has 0 amide bonds. The van der Waals surface area contributed by atoms with E-state index in [0.29, 0.717) is 0 Å². The summed E-state index contributed by atoms with van der Waals surface area (Å²) in [5, 5.41) is 0. The van der Waals surface area contributed by atoms with E-state index in [-0.39, 0.29) is 11.9 Å². The van der Waals surface area contributed by atoms with E-state index in [4.69, 9.17) is 14.6 Å². The number of hydrogen-bond acceptors (Lipinski definition) is 5. The van der Waals surface area contributed by atoms with Gasteiger partial charge in [-0.25, -0.2) is 4.98 Å². The molecule has 0 fully saturated rings. The van der Waals surface area contributed by atoms with E-state index < -0.39 is 0 Å². The van der Waals surface area contributed by atoms with Crippen molar-refractivity contribution < 1.29 is 8.83 Å². The van der Waals surface area contributed by atoms with Crippen molar-refractivity contribution in [1.82, 2.24) is 9.97 Å². The highest BCUT2D eigenvalue weighted by molar-refractivity contribution is 5.79. The lowest BCUT2D eigenvalue weighted by Crippen LogP contribution is -1.89. The zero-order chi connectivity index (χ0) is 12.7. The van der Waals surface area contributed by atoms with Crippen molar-refractivity contribution in [1.29, 1.82) is 0 Å². The van der Waals surface area contributed by atoms with E-state index in [1.807, 2.05) is 32.0 Å². The quantitative estimate of drug-likeness (QED) is 0.747. The Bertz CT molecular complexity index is 697. The predicted molar refractivity (Wildman–Crippen MR) is 68.0 cm³/mol. The molecule has 0 saturated heterocycles. The first kappa shape index (κ1) is 10.8. The van der Waals surface area contributed by atoms with Gasteiger partial charge in [-0.05, 0) is 12.1 Å². The molecule has 5 nitrogen and oxygen atoms in total. The molecule has 0 aliphatic heterocycles. The standard InChI is InChI=1S/C13H13N3O2/c1-7(2)12-11(16-13(14)18-12)8-3-4-9-10(5-8)17-6-15-9/h3-7H,1-2H3,(H2,14,16). The Morgan fingerprint density at radius 3 is 2.89 bits per heavy atom. The van der Waals surface area contributed by atoms with Gasteiger partial charge in [0.05, 0.1) is 0 Å². The molecule has 92 valence electrons. The number of oxazole rings is 2. The van der Waals surface area contributed by atoms with E-state index in [0.717, 1.165) is 28.1 Å². The van der Waals surface area contributed by atoms with Crippen molar-refractivity contribution in [2.24, 2.45) is 0 Å². The Kier molecular flexibility index (Phi) is 2.33. The van der Waals surface area contributed by atoms with Crippen LogP contribution in [-0.2, 0) is 0 Å². The van der Waals surface area contributed by atoms with Gasteiger partial charge in [0.15, 0.2) is 12.0 Å². The zero-order valence-electron chi connectivity index (χ0n) is 10.2. The third kappa shape index (κ3) is 1.64. The number of anilines is 1. The Labute approximate surface area is 104 Å². The maximum absolute atomic E-state index is 5.63. The molecule has 0 radical (unpaired) electrons. The fraction of sp³-hybridized carbons (Fsp3) is 0.231. The maximum Gasteiger partial charge on any atom is 0.292 e. The van der Waals surface area contributed by atoms with Crippen molar-refractivity contribution >= 4 is 17.1 Å². The van der Waals surface area contributed by atoms with E-state index >= 15 is 0 Å². The van der Waals surface area contributed by atoms with Crippen LogP contribution < -0.4 is 5.73 Å². The van der Waals surface area contributed by atoms with Crippen molar-refractivity contribution in [3.05, 3.63) is 30.4 Å². The van der Waals surface area contributed by atoms with Gasteiger partial charge in [0.1, 0.15) is 17.0 Å². The number of hydrogen-bond donors (Lipinski definition) is 1. The molecule has 0 aliphatic rings. The summed E-state index contributed by atoms with van der Waals surface area (Å²) in [4.78, 5) is 8.32. The second kappa shape index (κ2) is 3.87. The number of benzene rings is 1. The molecule has 0 unspecified atom stereocenters. The molecule has 5 heteroatoms. The van der Waals surface area contributed by atoms with Gasteiger partial charge < -0.3 is 14.6 Å². The van der Waals surface area contributed by atoms with Crippen LogP contribution in [0.15, 0.2) is 33.4 Å². The summed E-state index contributed by atoms with van der Waals surface area (Å²) >= 11 is 0. The Balaban J connectivity index is 2.18. The molecule has 3 aromatic rings. The molecule has 18 heavy (non-hydrogen) atoms. The minimum atomic E-state index is 0.186. The Hall–Kier alpha value is -2.30. The van der Waals surface area contributed by atoms with E-state index in [1.165, 1.54) is 6.39 Å².